The van der Waals surface area contributed by atoms with Crippen molar-refractivity contribution < 1.29 is 13.9 Å². The lowest BCUT2D eigenvalue weighted by molar-refractivity contribution is -0.00414. The first kappa shape index (κ1) is 23.4. The summed E-state index contributed by atoms with van der Waals surface area (Å²) in [6.45, 7) is 3.88. The van der Waals surface area contributed by atoms with Crippen LogP contribution in [0.3, 0.4) is 0 Å². The van der Waals surface area contributed by atoms with Crippen LogP contribution in [-0.2, 0) is 30.9 Å². The van der Waals surface area contributed by atoms with Crippen LogP contribution in [-0.4, -0.2) is 51.6 Å². The Morgan fingerprint density at radius 2 is 1.86 bits per heavy atom. The molecule has 8 nitrogen and oxygen atoms in total. The summed E-state index contributed by atoms with van der Waals surface area (Å²) < 4.78 is 21.9. The van der Waals surface area contributed by atoms with Crippen LogP contribution in [0.1, 0.15) is 41.5 Å². The third-order valence-corrected chi connectivity index (χ3v) is 6.77. The fourth-order valence-corrected chi connectivity index (χ4v) is 4.76. The van der Waals surface area contributed by atoms with Crippen LogP contribution in [0.5, 0.6) is 0 Å². The number of carbonyl (C=O) groups is 1. The van der Waals surface area contributed by atoms with Gasteiger partial charge in [0.25, 0.3) is 0 Å². The molecule has 1 aromatic heterocycles. The average molecular weight is 479 g/mol. The normalized spacial score (nSPS) is 18.7. The van der Waals surface area contributed by atoms with Crippen molar-refractivity contribution in [3.05, 3.63) is 82.9 Å². The second kappa shape index (κ2) is 11.0. The predicted octanol–water partition coefficient (Wildman–Crippen LogP) is 3.20. The largest absolute Gasteiger partial charge is 0.365 e. The van der Waals surface area contributed by atoms with Crippen LogP contribution in [0.25, 0.3) is 0 Å². The predicted molar refractivity (Wildman–Crippen MR) is 129 cm³/mol. The van der Waals surface area contributed by atoms with E-state index in [1.54, 1.807) is 12.1 Å². The summed E-state index contributed by atoms with van der Waals surface area (Å²) in [6.07, 6.45) is 2.24. The molecule has 2 amide bonds. The van der Waals surface area contributed by atoms with Gasteiger partial charge >= 0.3 is 6.03 Å². The number of halogens is 1. The van der Waals surface area contributed by atoms with Crippen molar-refractivity contribution in [2.45, 2.75) is 51.1 Å². The molecule has 0 saturated carbocycles. The molecule has 1 fully saturated rings. The lowest BCUT2D eigenvalue weighted by atomic mass is 10.0. The van der Waals surface area contributed by atoms with E-state index in [0.29, 0.717) is 31.8 Å². The van der Waals surface area contributed by atoms with Crippen molar-refractivity contribution in [2.24, 2.45) is 0 Å². The summed E-state index contributed by atoms with van der Waals surface area (Å²) >= 11 is 0. The molecule has 1 saturated heterocycles. The Morgan fingerprint density at radius 1 is 1.09 bits per heavy atom. The SMILES string of the molecule is O=C(NCCc1ccccc1)NC1CCN(Cc2nnn3c2CO[C@@H](c2ccccc2F)C3)CC1. The van der Waals surface area contributed by atoms with E-state index in [0.717, 1.165) is 43.7 Å². The number of aromatic nitrogens is 3. The number of nitrogens with one attached hydrogen (secondary N) is 2. The smallest absolute Gasteiger partial charge is 0.315 e. The molecule has 2 N–H and O–H groups in total. The number of hydrogen-bond donors (Lipinski definition) is 2. The Hall–Kier alpha value is -3.30. The summed E-state index contributed by atoms with van der Waals surface area (Å²) in [5.41, 5.74) is 3.62. The highest BCUT2D eigenvalue weighted by Crippen LogP contribution is 2.29. The lowest BCUT2D eigenvalue weighted by Gasteiger charge is -2.32. The van der Waals surface area contributed by atoms with Crippen LogP contribution in [0.2, 0.25) is 0 Å². The van der Waals surface area contributed by atoms with Gasteiger partial charge in [0.1, 0.15) is 17.6 Å². The number of amides is 2. The monoisotopic (exact) mass is 478 g/mol. The number of fused-ring (bicyclic) bond motifs is 1. The van der Waals surface area contributed by atoms with E-state index in [1.807, 2.05) is 28.9 Å². The maximum atomic E-state index is 14.1. The van der Waals surface area contributed by atoms with Gasteiger partial charge in [0.05, 0.1) is 18.8 Å². The summed E-state index contributed by atoms with van der Waals surface area (Å²) in [6, 6.07) is 16.9. The Balaban J connectivity index is 1.06. The first-order chi connectivity index (χ1) is 17.2. The average Bonchev–Trinajstić information content (AvgIpc) is 3.28. The maximum Gasteiger partial charge on any atom is 0.315 e. The molecular weight excluding hydrogens is 447 g/mol. The van der Waals surface area contributed by atoms with Gasteiger partial charge < -0.3 is 15.4 Å². The van der Waals surface area contributed by atoms with Crippen molar-refractivity contribution in [3.8, 4) is 0 Å². The fourth-order valence-electron chi connectivity index (χ4n) is 4.76. The number of benzene rings is 2. The molecule has 3 aromatic rings. The first-order valence-electron chi connectivity index (χ1n) is 12.2. The van der Waals surface area contributed by atoms with Crippen molar-refractivity contribution in [3.63, 3.8) is 0 Å². The topological polar surface area (TPSA) is 84.3 Å². The number of likely N-dealkylation sites (tertiary alicyclic amines) is 1. The Bertz CT molecular complexity index is 1130. The van der Waals surface area contributed by atoms with E-state index in [4.69, 9.17) is 4.74 Å². The van der Waals surface area contributed by atoms with E-state index in [1.165, 1.54) is 11.6 Å². The zero-order valence-electron chi connectivity index (χ0n) is 19.7. The van der Waals surface area contributed by atoms with Gasteiger partial charge in [-0.25, -0.2) is 13.9 Å². The Labute approximate surface area is 204 Å². The maximum absolute atomic E-state index is 14.1. The van der Waals surface area contributed by atoms with Gasteiger partial charge in [0.2, 0.25) is 0 Å². The molecule has 3 heterocycles. The molecule has 35 heavy (non-hydrogen) atoms. The third-order valence-electron chi connectivity index (χ3n) is 6.77. The molecular formula is C26H31FN6O2. The number of ether oxygens (including phenoxy) is 1. The number of rotatable bonds is 7. The summed E-state index contributed by atoms with van der Waals surface area (Å²) in [5.74, 6) is -0.261. The minimum absolute atomic E-state index is 0.103. The van der Waals surface area contributed by atoms with E-state index in [2.05, 4.69) is 38.0 Å². The van der Waals surface area contributed by atoms with E-state index in [9.17, 15) is 9.18 Å². The van der Waals surface area contributed by atoms with Gasteiger partial charge in [0.15, 0.2) is 0 Å². The molecule has 2 aromatic carbocycles. The molecule has 0 radical (unpaired) electrons. The van der Waals surface area contributed by atoms with E-state index >= 15 is 0 Å². The van der Waals surface area contributed by atoms with Crippen molar-refractivity contribution >= 4 is 6.03 Å². The fraction of sp³-hybridized carbons (Fsp3) is 0.423. The zero-order chi connectivity index (χ0) is 24.0. The van der Waals surface area contributed by atoms with E-state index < -0.39 is 0 Å². The molecule has 0 spiro atoms. The van der Waals surface area contributed by atoms with Gasteiger partial charge in [0, 0.05) is 37.8 Å². The highest BCUT2D eigenvalue weighted by Gasteiger charge is 2.28. The first-order valence-corrected chi connectivity index (χ1v) is 12.2. The van der Waals surface area contributed by atoms with Crippen molar-refractivity contribution in [1.82, 2.24) is 30.5 Å². The lowest BCUT2D eigenvalue weighted by Crippen LogP contribution is -2.48. The number of piperidine rings is 1. The molecule has 9 heteroatoms. The van der Waals surface area contributed by atoms with Crippen LogP contribution in [0, 0.1) is 5.82 Å². The Kier molecular flexibility index (Phi) is 7.34. The van der Waals surface area contributed by atoms with Gasteiger partial charge in [-0.1, -0.05) is 53.7 Å². The van der Waals surface area contributed by atoms with Gasteiger partial charge in [-0.15, -0.1) is 5.10 Å². The van der Waals surface area contributed by atoms with Crippen LogP contribution >= 0.6 is 0 Å². The third kappa shape index (κ3) is 5.86. The standard InChI is InChI=1S/C26H31FN6O2/c27-22-9-5-4-8-21(22)25-17-33-24(18-35-25)23(30-31-33)16-32-14-11-20(12-15-32)29-26(34)28-13-10-19-6-2-1-3-7-19/h1-9,20,25H,10-18H2,(H2,28,29,34)/t25-/m1/s1. The second-order valence-electron chi connectivity index (χ2n) is 9.17. The summed E-state index contributed by atoms with van der Waals surface area (Å²) in [5, 5.41) is 14.7. The van der Waals surface area contributed by atoms with Gasteiger partial charge in [-0.2, -0.15) is 0 Å². The minimum Gasteiger partial charge on any atom is -0.365 e. The summed E-state index contributed by atoms with van der Waals surface area (Å²) in [4.78, 5) is 14.6. The highest BCUT2D eigenvalue weighted by atomic mass is 19.1. The molecule has 2 aliphatic heterocycles. The summed E-state index contributed by atoms with van der Waals surface area (Å²) in [7, 11) is 0. The second-order valence-corrected chi connectivity index (χ2v) is 9.17. The molecule has 184 valence electrons. The number of urea groups is 1. The molecule has 5 rings (SSSR count). The van der Waals surface area contributed by atoms with E-state index in [-0.39, 0.29) is 24.0 Å². The molecule has 2 aliphatic rings. The molecule has 1 atom stereocenters. The van der Waals surface area contributed by atoms with Crippen LogP contribution in [0.4, 0.5) is 9.18 Å². The molecule has 0 bridgehead atoms. The van der Waals surface area contributed by atoms with Crippen molar-refractivity contribution in [1.29, 1.82) is 0 Å². The van der Waals surface area contributed by atoms with Crippen LogP contribution in [0.15, 0.2) is 54.6 Å². The molecule has 0 unspecified atom stereocenters. The number of nitrogens with zero attached hydrogens (tertiary/aromatic N) is 4. The van der Waals surface area contributed by atoms with Crippen LogP contribution < -0.4 is 10.6 Å². The number of carbonyl (C=O) groups excluding carboxylic acids is 1. The van der Waals surface area contributed by atoms with Crippen molar-refractivity contribution in [2.75, 3.05) is 19.6 Å². The highest BCUT2D eigenvalue weighted by molar-refractivity contribution is 5.74. The van der Waals surface area contributed by atoms with Gasteiger partial charge in [-0.3, -0.25) is 4.90 Å². The Morgan fingerprint density at radius 3 is 2.66 bits per heavy atom. The minimum atomic E-state index is -0.362. The molecule has 0 aliphatic carbocycles. The zero-order valence-corrected chi connectivity index (χ0v) is 19.7. The quantitative estimate of drug-likeness (QED) is 0.545. The number of hydrogen-bond acceptors (Lipinski definition) is 5. The van der Waals surface area contributed by atoms with Gasteiger partial charge in [-0.05, 0) is 30.9 Å².